The monoisotopic (exact) mass is 496 g/mol. The molecule has 0 atom stereocenters. The van der Waals surface area contributed by atoms with Gasteiger partial charge in [0, 0.05) is 41.9 Å². The van der Waals surface area contributed by atoms with E-state index in [0.717, 1.165) is 48.5 Å². The predicted molar refractivity (Wildman–Crippen MR) is 135 cm³/mol. The number of anilines is 1. The van der Waals surface area contributed by atoms with Gasteiger partial charge < -0.3 is 9.80 Å². The number of rotatable bonds is 5. The van der Waals surface area contributed by atoms with E-state index >= 15 is 0 Å². The van der Waals surface area contributed by atoms with Crippen molar-refractivity contribution in [2.24, 2.45) is 0 Å². The fourth-order valence-corrected chi connectivity index (χ4v) is 4.60. The maximum Gasteiger partial charge on any atom is 0.209 e. The van der Waals surface area contributed by atoms with Crippen molar-refractivity contribution >= 4 is 33.8 Å². The minimum atomic E-state index is 0.0997. The number of amides is 1. The van der Waals surface area contributed by atoms with E-state index in [0.29, 0.717) is 0 Å². The van der Waals surface area contributed by atoms with E-state index in [1.165, 1.54) is 43.4 Å². The average molecular weight is 497 g/mol. The molecule has 1 amide bonds. The number of carbonyl (C=O) groups is 2. The van der Waals surface area contributed by atoms with Gasteiger partial charge in [-0.2, -0.15) is 0 Å². The van der Waals surface area contributed by atoms with Gasteiger partial charge in [0.15, 0.2) is 5.78 Å². The van der Waals surface area contributed by atoms with Crippen molar-refractivity contribution in [2.45, 2.75) is 44.9 Å². The van der Waals surface area contributed by atoms with Gasteiger partial charge in [0.2, 0.25) is 6.41 Å². The molecule has 4 rings (SSSR count). The summed E-state index contributed by atoms with van der Waals surface area (Å²) in [7, 11) is 0. The molecule has 5 heteroatoms. The van der Waals surface area contributed by atoms with E-state index in [-0.39, 0.29) is 5.78 Å². The number of piperazine rings is 1. The maximum atomic E-state index is 11.6. The molecular formula is C27H33BrN2O2. The summed E-state index contributed by atoms with van der Waals surface area (Å²) in [6, 6.07) is 16.5. The third kappa shape index (κ3) is 7.06. The van der Waals surface area contributed by atoms with Gasteiger partial charge >= 0.3 is 0 Å². The lowest BCUT2D eigenvalue weighted by Crippen LogP contribution is -2.45. The van der Waals surface area contributed by atoms with Gasteiger partial charge in [-0.25, -0.2) is 0 Å². The molecule has 0 unspecified atom stereocenters. The van der Waals surface area contributed by atoms with Crippen LogP contribution in [-0.4, -0.2) is 43.3 Å². The predicted octanol–water partition coefficient (Wildman–Crippen LogP) is 6.22. The molecule has 0 spiro atoms. The summed E-state index contributed by atoms with van der Waals surface area (Å²) in [5.41, 5.74) is 3.42. The average Bonchev–Trinajstić information content (AvgIpc) is 2.86. The highest BCUT2D eigenvalue weighted by Gasteiger charge is 2.16. The molecule has 170 valence electrons. The van der Waals surface area contributed by atoms with Crippen molar-refractivity contribution in [3.63, 3.8) is 0 Å². The standard InChI is InChI=1S/C16H20O.C11H13BrN2O/c1-2-6-16(17)15-11-9-14(10-12-15)13-7-4-3-5-8-13;12-10-1-3-11(4-2-10)14-7-5-13(9-15)6-8-14/h2,6,9-13H,3-5,7-8H2,1H3;1-4,9H,5-8H2/b6-2+;. The van der Waals surface area contributed by atoms with Crippen LogP contribution in [0.25, 0.3) is 0 Å². The molecular weight excluding hydrogens is 464 g/mol. The van der Waals surface area contributed by atoms with Crippen LogP contribution in [0.5, 0.6) is 0 Å². The molecule has 2 aromatic carbocycles. The number of ketones is 1. The second-order valence-corrected chi connectivity index (χ2v) is 9.34. The van der Waals surface area contributed by atoms with Gasteiger partial charge in [-0.1, -0.05) is 65.5 Å². The van der Waals surface area contributed by atoms with E-state index < -0.39 is 0 Å². The van der Waals surface area contributed by atoms with E-state index in [4.69, 9.17) is 0 Å². The number of allylic oxidation sites excluding steroid dienone is 2. The summed E-state index contributed by atoms with van der Waals surface area (Å²) in [5, 5.41) is 0. The van der Waals surface area contributed by atoms with Crippen LogP contribution in [0.3, 0.4) is 0 Å². The van der Waals surface area contributed by atoms with Gasteiger partial charge in [-0.15, -0.1) is 0 Å². The maximum absolute atomic E-state index is 11.6. The van der Waals surface area contributed by atoms with Crippen LogP contribution in [-0.2, 0) is 4.79 Å². The Labute approximate surface area is 200 Å². The lowest BCUT2D eigenvalue weighted by Gasteiger charge is -2.34. The number of benzene rings is 2. The highest BCUT2D eigenvalue weighted by atomic mass is 79.9. The zero-order valence-corrected chi connectivity index (χ0v) is 20.5. The first-order valence-electron chi connectivity index (χ1n) is 11.6. The van der Waals surface area contributed by atoms with Crippen molar-refractivity contribution in [1.82, 2.24) is 4.90 Å². The van der Waals surface area contributed by atoms with Crippen molar-refractivity contribution in [3.05, 3.63) is 76.3 Å². The Morgan fingerprint density at radius 3 is 2.09 bits per heavy atom. The summed E-state index contributed by atoms with van der Waals surface area (Å²) in [4.78, 5) is 26.3. The molecule has 1 saturated carbocycles. The summed E-state index contributed by atoms with van der Waals surface area (Å²) < 4.78 is 1.10. The van der Waals surface area contributed by atoms with Gasteiger partial charge in [0.25, 0.3) is 0 Å². The number of nitrogens with zero attached hydrogens (tertiary/aromatic N) is 2. The fraction of sp³-hybridized carbons (Fsp3) is 0.407. The Hall–Kier alpha value is -2.40. The molecule has 2 aromatic rings. The molecule has 1 saturated heterocycles. The minimum Gasteiger partial charge on any atom is -0.368 e. The first-order chi connectivity index (χ1) is 15.6. The summed E-state index contributed by atoms with van der Waals surface area (Å²) in [5.74, 6) is 0.817. The van der Waals surface area contributed by atoms with Crippen LogP contribution in [0.2, 0.25) is 0 Å². The van der Waals surface area contributed by atoms with Crippen LogP contribution in [0.4, 0.5) is 5.69 Å². The van der Waals surface area contributed by atoms with Crippen molar-refractivity contribution in [1.29, 1.82) is 0 Å². The highest BCUT2D eigenvalue weighted by molar-refractivity contribution is 9.10. The van der Waals surface area contributed by atoms with Crippen LogP contribution in [0.15, 0.2) is 65.2 Å². The molecule has 2 aliphatic rings. The van der Waals surface area contributed by atoms with Crippen molar-refractivity contribution in [2.75, 3.05) is 31.1 Å². The number of hydrogen-bond acceptors (Lipinski definition) is 3. The molecule has 0 N–H and O–H groups in total. The van der Waals surface area contributed by atoms with Crippen LogP contribution >= 0.6 is 15.9 Å². The molecule has 0 radical (unpaired) electrons. The zero-order chi connectivity index (χ0) is 22.8. The van der Waals surface area contributed by atoms with Crippen LogP contribution in [0, 0.1) is 0 Å². The molecule has 0 aromatic heterocycles. The lowest BCUT2D eigenvalue weighted by molar-refractivity contribution is -0.118. The number of carbonyl (C=O) groups excluding carboxylic acids is 2. The van der Waals surface area contributed by atoms with Crippen molar-refractivity contribution < 1.29 is 9.59 Å². The summed E-state index contributed by atoms with van der Waals surface area (Å²) in [6.45, 7) is 5.34. The smallest absolute Gasteiger partial charge is 0.209 e. The third-order valence-corrected chi connectivity index (χ3v) is 6.77. The van der Waals surface area contributed by atoms with Crippen molar-refractivity contribution in [3.8, 4) is 0 Å². The molecule has 1 aliphatic carbocycles. The second kappa shape index (κ2) is 12.6. The molecule has 1 aliphatic heterocycles. The first-order valence-corrected chi connectivity index (χ1v) is 12.4. The quantitative estimate of drug-likeness (QED) is 0.280. The number of halogens is 1. The van der Waals surface area contributed by atoms with Gasteiger partial charge in [0.1, 0.15) is 0 Å². The highest BCUT2D eigenvalue weighted by Crippen LogP contribution is 2.32. The molecule has 1 heterocycles. The molecule has 0 bridgehead atoms. The largest absolute Gasteiger partial charge is 0.368 e. The molecule has 2 fully saturated rings. The third-order valence-electron chi connectivity index (χ3n) is 6.24. The van der Waals surface area contributed by atoms with Crippen LogP contribution < -0.4 is 4.90 Å². The first kappa shape index (κ1) is 24.2. The zero-order valence-electron chi connectivity index (χ0n) is 18.9. The fourth-order valence-electron chi connectivity index (χ4n) is 4.34. The Balaban J connectivity index is 0.000000182. The van der Waals surface area contributed by atoms with Gasteiger partial charge in [-0.05, 0) is 61.6 Å². The van der Waals surface area contributed by atoms with Gasteiger partial charge in [-0.3, -0.25) is 9.59 Å². The van der Waals surface area contributed by atoms with E-state index in [1.807, 2.05) is 36.1 Å². The van der Waals surface area contributed by atoms with Crippen LogP contribution in [0.1, 0.15) is 60.9 Å². The van der Waals surface area contributed by atoms with E-state index in [2.05, 4.69) is 45.1 Å². The Kier molecular flexibility index (Phi) is 9.54. The van der Waals surface area contributed by atoms with Gasteiger partial charge in [0.05, 0.1) is 0 Å². The Morgan fingerprint density at radius 2 is 1.53 bits per heavy atom. The minimum absolute atomic E-state index is 0.0997. The summed E-state index contributed by atoms with van der Waals surface area (Å²) in [6.07, 6.45) is 11.0. The normalized spacial score (nSPS) is 17.1. The van der Waals surface area contributed by atoms with E-state index in [1.54, 1.807) is 12.2 Å². The lowest BCUT2D eigenvalue weighted by atomic mass is 9.84. The van der Waals surface area contributed by atoms with E-state index in [9.17, 15) is 9.59 Å². The summed E-state index contributed by atoms with van der Waals surface area (Å²) >= 11 is 3.42. The molecule has 32 heavy (non-hydrogen) atoms. The second-order valence-electron chi connectivity index (χ2n) is 8.43. The molecule has 4 nitrogen and oxygen atoms in total. The Bertz CT molecular complexity index is 879. The SMILES string of the molecule is C/C=C/C(=O)c1ccc(C2CCCCC2)cc1.O=CN1CCN(c2ccc(Br)cc2)CC1. The Morgan fingerprint density at radius 1 is 0.906 bits per heavy atom. The topological polar surface area (TPSA) is 40.6 Å². The number of hydrogen-bond donors (Lipinski definition) is 0.